The van der Waals surface area contributed by atoms with Gasteiger partial charge in [0.15, 0.2) is 0 Å². The molecule has 2 aliphatic heterocycles. The average molecular weight is 388 g/mol. The third kappa shape index (κ3) is 3.23. The SMILES string of the molecule is CCOc1ccc2c(c1)C1CC(c3ccccc3)=NN1C(c1ccc(F)cc1)O2. The maximum atomic E-state index is 13.5. The van der Waals surface area contributed by atoms with Gasteiger partial charge in [0.05, 0.1) is 18.4 Å². The topological polar surface area (TPSA) is 34.1 Å². The predicted molar refractivity (Wildman–Crippen MR) is 110 cm³/mol. The summed E-state index contributed by atoms with van der Waals surface area (Å²) in [7, 11) is 0. The Morgan fingerprint density at radius 1 is 1.07 bits per heavy atom. The zero-order valence-electron chi connectivity index (χ0n) is 16.1. The van der Waals surface area contributed by atoms with E-state index in [0.29, 0.717) is 6.61 Å². The van der Waals surface area contributed by atoms with Crippen LogP contribution >= 0.6 is 0 Å². The molecule has 3 aromatic rings. The Hall–Kier alpha value is -3.34. The highest BCUT2D eigenvalue weighted by Gasteiger charge is 2.41. The molecule has 0 N–H and O–H groups in total. The fourth-order valence-corrected chi connectivity index (χ4v) is 3.97. The van der Waals surface area contributed by atoms with E-state index in [1.165, 1.54) is 12.1 Å². The maximum absolute atomic E-state index is 13.5. The van der Waals surface area contributed by atoms with Crippen molar-refractivity contribution >= 4 is 5.71 Å². The molecule has 4 nitrogen and oxygen atoms in total. The van der Waals surface area contributed by atoms with E-state index in [-0.39, 0.29) is 11.9 Å². The molecule has 146 valence electrons. The molecule has 0 saturated carbocycles. The first-order valence-electron chi connectivity index (χ1n) is 9.83. The molecule has 2 unspecified atom stereocenters. The lowest BCUT2D eigenvalue weighted by Gasteiger charge is -2.38. The number of fused-ring (bicyclic) bond motifs is 3. The summed E-state index contributed by atoms with van der Waals surface area (Å²) < 4.78 is 25.5. The minimum atomic E-state index is -0.410. The summed E-state index contributed by atoms with van der Waals surface area (Å²) in [4.78, 5) is 0. The van der Waals surface area contributed by atoms with Gasteiger partial charge in [0.2, 0.25) is 6.23 Å². The molecule has 2 atom stereocenters. The van der Waals surface area contributed by atoms with Crippen molar-refractivity contribution in [1.82, 2.24) is 5.01 Å². The maximum Gasteiger partial charge on any atom is 0.213 e. The van der Waals surface area contributed by atoms with Gasteiger partial charge in [-0.15, -0.1) is 0 Å². The molecular formula is C24H21FN2O2. The molecule has 0 saturated heterocycles. The number of hydrazone groups is 1. The van der Waals surface area contributed by atoms with Gasteiger partial charge in [-0.3, -0.25) is 0 Å². The lowest BCUT2D eigenvalue weighted by molar-refractivity contribution is -0.0192. The molecule has 5 rings (SSSR count). The Balaban J connectivity index is 1.58. The highest BCUT2D eigenvalue weighted by molar-refractivity contribution is 6.01. The summed E-state index contributed by atoms with van der Waals surface area (Å²) in [6, 6.07) is 22.6. The Kier molecular flexibility index (Phi) is 4.43. The summed E-state index contributed by atoms with van der Waals surface area (Å²) in [5, 5.41) is 6.92. The monoisotopic (exact) mass is 388 g/mol. The van der Waals surface area contributed by atoms with Gasteiger partial charge in [-0.05, 0) is 42.8 Å². The van der Waals surface area contributed by atoms with Crippen LogP contribution in [0.1, 0.15) is 42.3 Å². The quantitative estimate of drug-likeness (QED) is 0.595. The van der Waals surface area contributed by atoms with Crippen LogP contribution in [0.2, 0.25) is 0 Å². The van der Waals surface area contributed by atoms with E-state index in [4.69, 9.17) is 14.6 Å². The van der Waals surface area contributed by atoms with Gasteiger partial charge in [0.25, 0.3) is 0 Å². The van der Waals surface area contributed by atoms with Crippen LogP contribution in [-0.4, -0.2) is 17.3 Å². The van der Waals surface area contributed by atoms with Crippen LogP contribution in [0.15, 0.2) is 77.9 Å². The van der Waals surface area contributed by atoms with Gasteiger partial charge in [-0.25, -0.2) is 9.40 Å². The molecule has 0 radical (unpaired) electrons. The number of hydrogen-bond acceptors (Lipinski definition) is 4. The second-order valence-corrected chi connectivity index (χ2v) is 7.17. The van der Waals surface area contributed by atoms with Crippen molar-refractivity contribution in [2.45, 2.75) is 25.6 Å². The van der Waals surface area contributed by atoms with Gasteiger partial charge in [0.1, 0.15) is 17.3 Å². The highest BCUT2D eigenvalue weighted by atomic mass is 19.1. The normalized spacial score (nSPS) is 19.8. The van der Waals surface area contributed by atoms with Gasteiger partial charge in [0, 0.05) is 17.5 Å². The van der Waals surface area contributed by atoms with Crippen molar-refractivity contribution in [2.75, 3.05) is 6.61 Å². The van der Waals surface area contributed by atoms with E-state index < -0.39 is 6.23 Å². The number of nitrogens with zero attached hydrogens (tertiary/aromatic N) is 2. The second kappa shape index (κ2) is 7.24. The molecule has 0 aromatic heterocycles. The van der Waals surface area contributed by atoms with E-state index in [0.717, 1.165) is 40.3 Å². The van der Waals surface area contributed by atoms with E-state index >= 15 is 0 Å². The second-order valence-electron chi connectivity index (χ2n) is 7.17. The third-order valence-electron chi connectivity index (χ3n) is 5.33. The summed E-state index contributed by atoms with van der Waals surface area (Å²) in [6.45, 7) is 2.58. The van der Waals surface area contributed by atoms with Crippen molar-refractivity contribution in [1.29, 1.82) is 0 Å². The molecule has 29 heavy (non-hydrogen) atoms. The van der Waals surface area contributed by atoms with Crippen molar-refractivity contribution in [3.05, 3.63) is 95.3 Å². The zero-order valence-corrected chi connectivity index (χ0v) is 16.1. The Labute approximate surface area is 169 Å². The third-order valence-corrected chi connectivity index (χ3v) is 5.33. The van der Waals surface area contributed by atoms with Crippen LogP contribution in [0.3, 0.4) is 0 Å². The fraction of sp³-hybridized carbons (Fsp3) is 0.208. The molecule has 3 aromatic carbocycles. The van der Waals surface area contributed by atoms with E-state index in [2.05, 4.69) is 12.1 Å². The molecule has 2 heterocycles. The number of ether oxygens (including phenoxy) is 2. The summed E-state index contributed by atoms with van der Waals surface area (Å²) >= 11 is 0. The molecule has 0 fully saturated rings. The smallest absolute Gasteiger partial charge is 0.213 e. The molecule has 0 bridgehead atoms. The molecule has 0 spiro atoms. The minimum absolute atomic E-state index is 0.0319. The highest BCUT2D eigenvalue weighted by Crippen LogP contribution is 2.48. The average Bonchev–Trinajstić information content (AvgIpc) is 3.21. The van der Waals surface area contributed by atoms with Crippen molar-refractivity contribution in [3.63, 3.8) is 0 Å². The number of halogens is 1. The van der Waals surface area contributed by atoms with Crippen molar-refractivity contribution < 1.29 is 13.9 Å². The number of benzene rings is 3. The van der Waals surface area contributed by atoms with E-state index in [9.17, 15) is 4.39 Å². The summed E-state index contributed by atoms with van der Waals surface area (Å²) in [5.74, 6) is 1.37. The first-order chi connectivity index (χ1) is 14.2. The molecule has 0 aliphatic carbocycles. The lowest BCUT2D eigenvalue weighted by Crippen LogP contribution is -2.33. The first-order valence-corrected chi connectivity index (χ1v) is 9.83. The van der Waals surface area contributed by atoms with Crippen LogP contribution in [-0.2, 0) is 0 Å². The number of rotatable bonds is 4. The van der Waals surface area contributed by atoms with E-state index in [1.807, 2.05) is 48.3 Å². The fourth-order valence-electron chi connectivity index (χ4n) is 3.97. The van der Waals surface area contributed by atoms with Crippen LogP contribution in [0.25, 0.3) is 0 Å². The Morgan fingerprint density at radius 2 is 1.86 bits per heavy atom. The minimum Gasteiger partial charge on any atom is -0.494 e. The Morgan fingerprint density at radius 3 is 2.62 bits per heavy atom. The molecule has 5 heteroatoms. The van der Waals surface area contributed by atoms with Crippen molar-refractivity contribution in [3.8, 4) is 11.5 Å². The van der Waals surface area contributed by atoms with Gasteiger partial charge >= 0.3 is 0 Å². The zero-order chi connectivity index (χ0) is 19.8. The van der Waals surface area contributed by atoms with Crippen LogP contribution in [0, 0.1) is 5.82 Å². The van der Waals surface area contributed by atoms with Crippen LogP contribution < -0.4 is 9.47 Å². The predicted octanol–water partition coefficient (Wildman–Crippen LogP) is 5.47. The van der Waals surface area contributed by atoms with Gasteiger partial charge < -0.3 is 9.47 Å². The van der Waals surface area contributed by atoms with Crippen LogP contribution in [0.4, 0.5) is 4.39 Å². The van der Waals surface area contributed by atoms with Gasteiger partial charge in [-0.2, -0.15) is 5.10 Å². The molecule has 0 amide bonds. The summed E-state index contributed by atoms with van der Waals surface area (Å²) in [5.41, 5.74) is 4.04. The first kappa shape index (κ1) is 17.7. The molecular weight excluding hydrogens is 367 g/mol. The Bertz CT molecular complexity index is 1050. The van der Waals surface area contributed by atoms with Crippen molar-refractivity contribution in [2.24, 2.45) is 5.10 Å². The lowest BCUT2D eigenvalue weighted by atomic mass is 9.95. The van der Waals surface area contributed by atoms with E-state index in [1.54, 1.807) is 12.1 Å². The standard InChI is InChI=1S/C24H21FN2O2/c1-2-28-19-12-13-23-20(14-19)22-15-21(16-6-4-3-5-7-16)26-27(22)24(29-23)17-8-10-18(25)11-9-17/h3-14,22,24H,2,15H2,1H3. The molecule has 2 aliphatic rings. The largest absolute Gasteiger partial charge is 0.494 e. The van der Waals surface area contributed by atoms with Gasteiger partial charge in [-0.1, -0.05) is 42.5 Å². The van der Waals surface area contributed by atoms with Crippen LogP contribution in [0.5, 0.6) is 11.5 Å². The number of hydrogen-bond donors (Lipinski definition) is 0. The summed E-state index contributed by atoms with van der Waals surface area (Å²) in [6.07, 6.45) is 0.362.